The summed E-state index contributed by atoms with van der Waals surface area (Å²) in [6, 6.07) is 8.15. The van der Waals surface area contributed by atoms with Gasteiger partial charge in [0.05, 0.1) is 0 Å². The van der Waals surface area contributed by atoms with Crippen LogP contribution in [0.4, 0.5) is 23.1 Å². The minimum absolute atomic E-state index is 0.0652. The molecule has 0 bridgehead atoms. The molecule has 1 saturated carbocycles. The zero-order valence-corrected chi connectivity index (χ0v) is 13.8. The maximum absolute atomic E-state index is 11.5. The van der Waals surface area contributed by atoms with E-state index in [0.29, 0.717) is 17.8 Å². The Morgan fingerprint density at radius 1 is 1.21 bits per heavy atom. The fourth-order valence-electron chi connectivity index (χ4n) is 2.36. The average molecular weight is 327 g/mol. The van der Waals surface area contributed by atoms with Gasteiger partial charge in [-0.3, -0.25) is 4.79 Å². The van der Waals surface area contributed by atoms with Gasteiger partial charge in [0.15, 0.2) is 11.5 Å². The highest BCUT2D eigenvalue weighted by atomic mass is 16.1. The number of hydrogen-bond acceptors (Lipinski definition) is 7. The Morgan fingerprint density at radius 2 is 1.92 bits per heavy atom. The number of benzene rings is 1. The predicted molar refractivity (Wildman–Crippen MR) is 93.7 cm³/mol. The minimum Gasteiger partial charge on any atom is -0.378 e. The number of rotatable bonds is 6. The van der Waals surface area contributed by atoms with E-state index in [-0.39, 0.29) is 5.69 Å². The third kappa shape index (κ3) is 3.53. The predicted octanol–water partition coefficient (Wildman–Crippen LogP) is 1.74. The van der Waals surface area contributed by atoms with Crippen molar-refractivity contribution >= 4 is 29.0 Å². The van der Waals surface area contributed by atoms with Crippen molar-refractivity contribution in [2.24, 2.45) is 5.73 Å². The summed E-state index contributed by atoms with van der Waals surface area (Å²) in [6.07, 6.45) is 3.28. The summed E-state index contributed by atoms with van der Waals surface area (Å²) in [5.74, 6) is 0.0627. The second-order valence-corrected chi connectivity index (χ2v) is 6.04. The van der Waals surface area contributed by atoms with Crippen LogP contribution in [0.2, 0.25) is 0 Å². The van der Waals surface area contributed by atoms with Gasteiger partial charge in [0.2, 0.25) is 5.95 Å². The summed E-state index contributed by atoms with van der Waals surface area (Å²) in [5, 5.41) is 14.2. The molecule has 1 aliphatic carbocycles. The number of nitrogens with zero attached hydrogens (tertiary/aromatic N) is 4. The molecule has 1 amide bonds. The van der Waals surface area contributed by atoms with Gasteiger partial charge in [-0.25, -0.2) is 0 Å². The molecule has 0 unspecified atom stereocenters. The monoisotopic (exact) mass is 327 g/mol. The lowest BCUT2D eigenvalue weighted by Gasteiger charge is -2.27. The molecule has 8 nitrogen and oxygen atoms in total. The molecule has 1 fully saturated rings. The van der Waals surface area contributed by atoms with Gasteiger partial charge in [-0.15, -0.1) is 10.2 Å². The van der Waals surface area contributed by atoms with E-state index in [2.05, 4.69) is 25.8 Å². The van der Waals surface area contributed by atoms with Crippen molar-refractivity contribution in [1.29, 1.82) is 0 Å². The van der Waals surface area contributed by atoms with Gasteiger partial charge in [0, 0.05) is 31.5 Å². The van der Waals surface area contributed by atoms with Crippen LogP contribution in [0.1, 0.15) is 29.8 Å². The largest absolute Gasteiger partial charge is 0.378 e. The van der Waals surface area contributed by atoms with Crippen LogP contribution in [0.5, 0.6) is 0 Å². The molecule has 0 saturated heterocycles. The number of nitrogens with one attached hydrogen (secondary N) is 2. The first kappa shape index (κ1) is 16.0. The second-order valence-electron chi connectivity index (χ2n) is 6.04. The Labute approximate surface area is 140 Å². The lowest BCUT2D eigenvalue weighted by Crippen LogP contribution is -2.30. The van der Waals surface area contributed by atoms with E-state index < -0.39 is 5.91 Å². The summed E-state index contributed by atoms with van der Waals surface area (Å²) in [6.45, 7) is 0. The first-order valence-corrected chi connectivity index (χ1v) is 7.88. The average Bonchev–Trinajstić information content (AvgIpc) is 2.51. The summed E-state index contributed by atoms with van der Waals surface area (Å²) >= 11 is 0. The zero-order chi connectivity index (χ0) is 17.1. The van der Waals surface area contributed by atoms with Crippen LogP contribution in [-0.4, -0.2) is 41.2 Å². The SMILES string of the molecule is CN(C)c1ccc(Nc2nnc(C(N)=O)c(NC3CCC3)n2)cc1. The lowest BCUT2D eigenvalue weighted by atomic mass is 9.93. The van der Waals surface area contributed by atoms with Crippen molar-refractivity contribution in [2.75, 3.05) is 29.6 Å². The normalized spacial score (nSPS) is 13.9. The first-order valence-electron chi connectivity index (χ1n) is 7.88. The molecule has 4 N–H and O–H groups in total. The van der Waals surface area contributed by atoms with Crippen molar-refractivity contribution in [3.05, 3.63) is 30.0 Å². The third-order valence-corrected chi connectivity index (χ3v) is 4.01. The highest BCUT2D eigenvalue weighted by Gasteiger charge is 2.22. The Bertz CT molecular complexity index is 726. The number of anilines is 4. The topological polar surface area (TPSA) is 109 Å². The van der Waals surface area contributed by atoms with Crippen molar-refractivity contribution in [2.45, 2.75) is 25.3 Å². The molecule has 24 heavy (non-hydrogen) atoms. The van der Waals surface area contributed by atoms with Gasteiger partial charge in [-0.2, -0.15) is 4.98 Å². The number of aromatic nitrogens is 3. The van der Waals surface area contributed by atoms with Crippen LogP contribution in [0.25, 0.3) is 0 Å². The number of carbonyl (C=O) groups excluding carboxylic acids is 1. The van der Waals surface area contributed by atoms with Crippen LogP contribution >= 0.6 is 0 Å². The number of primary amides is 1. The van der Waals surface area contributed by atoms with Crippen LogP contribution < -0.4 is 21.3 Å². The number of amides is 1. The van der Waals surface area contributed by atoms with Crippen molar-refractivity contribution in [3.63, 3.8) is 0 Å². The molecule has 0 spiro atoms. The molecule has 2 aromatic rings. The van der Waals surface area contributed by atoms with Crippen molar-refractivity contribution in [3.8, 4) is 0 Å². The van der Waals surface area contributed by atoms with Gasteiger partial charge in [-0.05, 0) is 43.5 Å². The van der Waals surface area contributed by atoms with E-state index >= 15 is 0 Å². The Kier molecular flexibility index (Phi) is 4.45. The molecule has 3 rings (SSSR count). The minimum atomic E-state index is -0.640. The van der Waals surface area contributed by atoms with E-state index in [1.54, 1.807) is 0 Å². The summed E-state index contributed by atoms with van der Waals surface area (Å²) in [7, 11) is 3.97. The fraction of sp³-hybridized carbons (Fsp3) is 0.375. The van der Waals surface area contributed by atoms with Gasteiger partial charge in [0.25, 0.3) is 5.91 Å². The van der Waals surface area contributed by atoms with Crippen molar-refractivity contribution in [1.82, 2.24) is 15.2 Å². The maximum Gasteiger partial charge on any atom is 0.273 e. The van der Waals surface area contributed by atoms with E-state index in [1.165, 1.54) is 6.42 Å². The highest BCUT2D eigenvalue weighted by molar-refractivity contribution is 5.95. The van der Waals surface area contributed by atoms with Crippen LogP contribution in [0.15, 0.2) is 24.3 Å². The molecule has 1 aliphatic rings. The summed E-state index contributed by atoms with van der Waals surface area (Å²) < 4.78 is 0. The van der Waals surface area contributed by atoms with Crippen LogP contribution in [0, 0.1) is 0 Å². The zero-order valence-electron chi connectivity index (χ0n) is 13.8. The molecule has 1 aromatic carbocycles. The van der Waals surface area contributed by atoms with Crippen LogP contribution in [-0.2, 0) is 0 Å². The van der Waals surface area contributed by atoms with E-state index in [4.69, 9.17) is 5.73 Å². The number of carbonyl (C=O) groups is 1. The standard InChI is InChI=1S/C16H21N7O/c1-23(2)12-8-6-11(7-9-12)19-16-20-15(18-10-4-3-5-10)13(14(17)24)21-22-16/h6-10H,3-5H2,1-2H3,(H2,17,24)(H2,18,19,20,22). The van der Waals surface area contributed by atoms with Crippen molar-refractivity contribution < 1.29 is 4.79 Å². The van der Waals surface area contributed by atoms with Gasteiger partial charge in [-0.1, -0.05) is 0 Å². The molecule has 8 heteroatoms. The van der Waals surface area contributed by atoms with Gasteiger partial charge >= 0.3 is 0 Å². The second kappa shape index (κ2) is 6.69. The molecule has 1 aromatic heterocycles. The highest BCUT2D eigenvalue weighted by Crippen LogP contribution is 2.24. The number of hydrogen-bond donors (Lipinski definition) is 3. The van der Waals surface area contributed by atoms with Gasteiger partial charge < -0.3 is 21.3 Å². The molecule has 126 valence electrons. The smallest absolute Gasteiger partial charge is 0.273 e. The number of nitrogens with two attached hydrogens (primary N) is 1. The Balaban J connectivity index is 1.79. The molecule has 1 heterocycles. The maximum atomic E-state index is 11.5. The third-order valence-electron chi connectivity index (χ3n) is 4.01. The molecular weight excluding hydrogens is 306 g/mol. The molecule has 0 aliphatic heterocycles. The quantitative estimate of drug-likeness (QED) is 0.741. The fourth-order valence-corrected chi connectivity index (χ4v) is 2.36. The summed E-state index contributed by atoms with van der Waals surface area (Å²) in [5.41, 5.74) is 7.35. The van der Waals surface area contributed by atoms with E-state index in [9.17, 15) is 4.79 Å². The molecule has 0 radical (unpaired) electrons. The van der Waals surface area contributed by atoms with E-state index in [1.807, 2.05) is 43.3 Å². The van der Waals surface area contributed by atoms with E-state index in [0.717, 1.165) is 24.2 Å². The summed E-state index contributed by atoms with van der Waals surface area (Å²) in [4.78, 5) is 17.9. The Hall–Kier alpha value is -2.90. The molecular formula is C16H21N7O. The van der Waals surface area contributed by atoms with Gasteiger partial charge in [0.1, 0.15) is 0 Å². The Morgan fingerprint density at radius 3 is 2.46 bits per heavy atom. The first-order chi connectivity index (χ1) is 11.5. The lowest BCUT2D eigenvalue weighted by molar-refractivity contribution is 0.0995. The van der Waals surface area contributed by atoms with Crippen LogP contribution in [0.3, 0.4) is 0 Å². The molecule has 0 atom stereocenters.